The lowest BCUT2D eigenvalue weighted by Gasteiger charge is -2.33. The summed E-state index contributed by atoms with van der Waals surface area (Å²) in [7, 11) is 3.70. The largest absolute Gasteiger partial charge is 0.459 e. The fourth-order valence-electron chi connectivity index (χ4n) is 4.67. The monoisotopic (exact) mass is 662 g/mol. The van der Waals surface area contributed by atoms with E-state index in [9.17, 15) is 14.9 Å². The van der Waals surface area contributed by atoms with Crippen molar-refractivity contribution in [1.29, 1.82) is 5.26 Å². The van der Waals surface area contributed by atoms with Crippen LogP contribution < -0.4 is 0 Å². The van der Waals surface area contributed by atoms with E-state index < -0.39 is 5.41 Å². The molecule has 0 amide bonds. The number of ketones is 1. The number of esters is 1. The summed E-state index contributed by atoms with van der Waals surface area (Å²) in [6.45, 7) is 15.1. The van der Waals surface area contributed by atoms with Gasteiger partial charge in [-0.05, 0) is 111 Å². The Labute approximate surface area is 255 Å². The average molecular weight is 663 g/mol. The lowest BCUT2D eigenvalue weighted by molar-refractivity contribution is 0.0377. The van der Waals surface area contributed by atoms with Gasteiger partial charge in [0.25, 0.3) is 0 Å². The minimum Gasteiger partial charge on any atom is -0.459 e. The second kappa shape index (κ2) is 17.5. The van der Waals surface area contributed by atoms with Crippen molar-refractivity contribution < 1.29 is 19.1 Å². The van der Waals surface area contributed by atoms with Gasteiger partial charge < -0.3 is 14.4 Å². The highest BCUT2D eigenvalue weighted by atomic mass is 127. The summed E-state index contributed by atoms with van der Waals surface area (Å²) in [6, 6.07) is 16.0. The maximum absolute atomic E-state index is 12.4. The molecule has 0 saturated carbocycles. The Kier molecular flexibility index (Phi) is 15.7. The molecule has 0 aliphatic heterocycles. The first kappa shape index (κ1) is 35.7. The third-order valence-corrected chi connectivity index (χ3v) is 8.16. The van der Waals surface area contributed by atoms with Gasteiger partial charge in [-0.3, -0.25) is 4.79 Å². The second-order valence-electron chi connectivity index (χ2n) is 10.5. The fourth-order valence-corrected chi connectivity index (χ4v) is 5.22. The van der Waals surface area contributed by atoms with Crippen LogP contribution in [0.25, 0.3) is 0 Å². The van der Waals surface area contributed by atoms with E-state index in [-0.39, 0.29) is 27.9 Å². The van der Waals surface area contributed by atoms with Crippen LogP contribution in [0.5, 0.6) is 0 Å². The van der Waals surface area contributed by atoms with E-state index in [1.54, 1.807) is 20.1 Å². The Balaban J connectivity index is 0.00000391. The maximum Gasteiger partial charge on any atom is 0.338 e. The molecule has 7 heteroatoms. The van der Waals surface area contributed by atoms with Gasteiger partial charge in [0.15, 0.2) is 5.78 Å². The number of halogens is 1. The first-order valence-electron chi connectivity index (χ1n) is 14.2. The number of Topliss-reactive ketones (excluding diaryl/α,β-unsaturated/α-hetero) is 1. The molecule has 2 unspecified atom stereocenters. The zero-order valence-corrected chi connectivity index (χ0v) is 27.9. The van der Waals surface area contributed by atoms with Gasteiger partial charge in [0, 0.05) is 24.8 Å². The number of nitrogens with zero attached hydrogens (tertiary/aromatic N) is 2. The third-order valence-electron chi connectivity index (χ3n) is 6.98. The molecule has 0 spiro atoms. The van der Waals surface area contributed by atoms with E-state index in [1.165, 1.54) is 0 Å². The van der Waals surface area contributed by atoms with Crippen molar-refractivity contribution in [2.45, 2.75) is 83.4 Å². The number of hydrogen-bond acceptors (Lipinski definition) is 6. The highest BCUT2D eigenvalue weighted by Crippen LogP contribution is 2.39. The van der Waals surface area contributed by atoms with Crippen molar-refractivity contribution in [1.82, 2.24) is 4.90 Å². The Morgan fingerprint density at radius 3 is 2.30 bits per heavy atom. The molecular formula is C33H47IN2O4. The number of likely N-dealkylation sites (N-methyl/N-ethyl adjacent to an activating group) is 1. The summed E-state index contributed by atoms with van der Waals surface area (Å²) in [5.41, 5.74) is 3.30. The third kappa shape index (κ3) is 9.97. The van der Waals surface area contributed by atoms with E-state index in [4.69, 9.17) is 9.47 Å². The lowest BCUT2D eigenvalue weighted by atomic mass is 9.69. The molecule has 2 atom stereocenters. The number of rotatable bonds is 14. The van der Waals surface area contributed by atoms with Crippen LogP contribution in [-0.4, -0.2) is 50.0 Å². The van der Waals surface area contributed by atoms with Crippen molar-refractivity contribution in [3.05, 3.63) is 70.3 Å². The van der Waals surface area contributed by atoms with Crippen LogP contribution in [0, 0.1) is 17.2 Å². The average Bonchev–Trinajstić information content (AvgIpc) is 2.94. The molecule has 0 fully saturated rings. The second-order valence-corrected chi connectivity index (χ2v) is 11.6. The van der Waals surface area contributed by atoms with Crippen molar-refractivity contribution in [3.63, 3.8) is 0 Å². The van der Waals surface area contributed by atoms with Gasteiger partial charge in [0.2, 0.25) is 0 Å². The summed E-state index contributed by atoms with van der Waals surface area (Å²) in [5, 5.41) is 10.4. The number of nitriles is 1. The molecule has 0 radical (unpaired) electrons. The molecule has 40 heavy (non-hydrogen) atoms. The van der Waals surface area contributed by atoms with Gasteiger partial charge in [0.05, 0.1) is 23.2 Å². The maximum atomic E-state index is 12.4. The summed E-state index contributed by atoms with van der Waals surface area (Å²) < 4.78 is 10.5. The Bertz CT molecular complexity index is 1140. The number of carbonyl (C=O) groups is 2. The zero-order chi connectivity index (χ0) is 30.5. The molecule has 0 N–H and O–H groups in total. The number of methoxy groups -OCH3 is 1. The van der Waals surface area contributed by atoms with Gasteiger partial charge in [-0.15, -0.1) is 0 Å². The molecule has 0 bridgehead atoms. The van der Waals surface area contributed by atoms with E-state index in [2.05, 4.69) is 54.5 Å². The topological polar surface area (TPSA) is 79.6 Å². The predicted octanol–water partition coefficient (Wildman–Crippen LogP) is 7.93. The van der Waals surface area contributed by atoms with Gasteiger partial charge >= 0.3 is 5.97 Å². The standard InChI is InChI=1S/C31H41IN2O4.C2H6/c1-21(2)31(20-33,26-12-13-27(29(32)37-7)28(19-26)23(5)35)15-9-16-34(6)17-14-24-10-8-11-25(18-24)30(36)38-22(3)4;1-2/h8,10-13,18-19,21-22,29H,9,14-17H2,1-7H3;1-2H3. The van der Waals surface area contributed by atoms with Crippen molar-refractivity contribution in [3.8, 4) is 6.07 Å². The number of alkyl halides is 1. The van der Waals surface area contributed by atoms with Crippen LogP contribution in [-0.2, 0) is 21.3 Å². The normalized spacial score (nSPS) is 13.3. The van der Waals surface area contributed by atoms with E-state index >= 15 is 0 Å². The van der Waals surface area contributed by atoms with Crippen LogP contribution in [0.15, 0.2) is 42.5 Å². The van der Waals surface area contributed by atoms with E-state index in [0.29, 0.717) is 17.5 Å². The van der Waals surface area contributed by atoms with Crippen LogP contribution >= 0.6 is 22.6 Å². The minimum absolute atomic E-state index is 0.0302. The van der Waals surface area contributed by atoms with Gasteiger partial charge in [-0.2, -0.15) is 5.26 Å². The first-order chi connectivity index (χ1) is 18.9. The Hall–Kier alpha value is -2.28. The highest BCUT2D eigenvalue weighted by molar-refractivity contribution is 14.1. The zero-order valence-electron chi connectivity index (χ0n) is 25.7. The summed E-state index contributed by atoms with van der Waals surface area (Å²) in [5.74, 6) is -0.249. The van der Waals surface area contributed by atoms with Crippen LogP contribution in [0.3, 0.4) is 0 Å². The first-order valence-corrected chi connectivity index (χ1v) is 15.4. The number of hydrogen-bond donors (Lipinski definition) is 0. The minimum atomic E-state index is -0.692. The Morgan fingerprint density at radius 2 is 1.75 bits per heavy atom. The molecule has 220 valence electrons. The highest BCUT2D eigenvalue weighted by Gasteiger charge is 2.36. The van der Waals surface area contributed by atoms with Gasteiger partial charge in [0.1, 0.15) is 4.11 Å². The molecule has 0 saturated heterocycles. The smallest absolute Gasteiger partial charge is 0.338 e. The fraction of sp³-hybridized carbons (Fsp3) is 0.545. The Morgan fingerprint density at radius 1 is 1.07 bits per heavy atom. The lowest BCUT2D eigenvalue weighted by Crippen LogP contribution is -2.33. The summed E-state index contributed by atoms with van der Waals surface area (Å²) in [6.07, 6.45) is 2.20. The molecule has 2 aromatic rings. The number of ether oxygens (including phenoxy) is 2. The van der Waals surface area contributed by atoms with Crippen LogP contribution in [0.1, 0.15) is 103 Å². The molecule has 6 nitrogen and oxygen atoms in total. The SMILES string of the molecule is CC.COC(I)c1ccc(C(C#N)(CCCN(C)CCc2cccc(C(=O)OC(C)C)c2)C(C)C)cc1C(C)=O. The predicted molar refractivity (Wildman–Crippen MR) is 171 cm³/mol. The molecule has 0 aromatic heterocycles. The van der Waals surface area contributed by atoms with Crippen molar-refractivity contribution in [2.24, 2.45) is 5.92 Å². The number of benzene rings is 2. The molecule has 0 heterocycles. The molecule has 2 rings (SSSR count). The van der Waals surface area contributed by atoms with Gasteiger partial charge in [-0.1, -0.05) is 52.0 Å². The van der Waals surface area contributed by atoms with E-state index in [1.807, 2.05) is 64.1 Å². The number of carbonyl (C=O) groups excluding carboxylic acids is 2. The summed E-state index contributed by atoms with van der Waals surface area (Å²) in [4.78, 5) is 26.9. The molecule has 0 aliphatic carbocycles. The van der Waals surface area contributed by atoms with Gasteiger partial charge in [-0.25, -0.2) is 4.79 Å². The quantitative estimate of drug-likeness (QED) is 0.0885. The van der Waals surface area contributed by atoms with Crippen molar-refractivity contribution in [2.75, 3.05) is 27.2 Å². The van der Waals surface area contributed by atoms with Crippen LogP contribution in [0.2, 0.25) is 0 Å². The molecular weight excluding hydrogens is 615 g/mol. The van der Waals surface area contributed by atoms with E-state index in [0.717, 1.165) is 42.6 Å². The molecule has 0 aliphatic rings. The molecule has 2 aromatic carbocycles. The van der Waals surface area contributed by atoms with Crippen LogP contribution in [0.4, 0.5) is 0 Å². The summed E-state index contributed by atoms with van der Waals surface area (Å²) >= 11 is 2.17. The van der Waals surface area contributed by atoms with Crippen molar-refractivity contribution >= 4 is 34.3 Å².